The molecular formula is C31H37NO4. The number of benzene rings is 3. The minimum absolute atomic E-state index is 0.222. The lowest BCUT2D eigenvalue weighted by Gasteiger charge is -2.31. The van der Waals surface area contributed by atoms with Crippen LogP contribution in [0.25, 0.3) is 22.3 Å². The molecule has 0 aromatic heterocycles. The molecule has 3 aromatic carbocycles. The zero-order valence-corrected chi connectivity index (χ0v) is 22.8. The van der Waals surface area contributed by atoms with Crippen LogP contribution in [0.2, 0.25) is 0 Å². The van der Waals surface area contributed by atoms with Gasteiger partial charge in [0.2, 0.25) is 5.91 Å². The predicted molar refractivity (Wildman–Crippen MR) is 147 cm³/mol. The highest BCUT2D eigenvalue weighted by Crippen LogP contribution is 2.47. The van der Waals surface area contributed by atoms with Crippen LogP contribution in [-0.2, 0) is 14.3 Å². The largest absolute Gasteiger partial charge is 0.479 e. The van der Waals surface area contributed by atoms with Gasteiger partial charge in [0.25, 0.3) is 0 Å². The van der Waals surface area contributed by atoms with Crippen LogP contribution in [0.15, 0.2) is 42.5 Å². The number of nitrogens with one attached hydrogen (secondary N) is 1. The highest BCUT2D eigenvalue weighted by Gasteiger charge is 2.34. The lowest BCUT2D eigenvalue weighted by molar-refractivity contribution is -0.160. The summed E-state index contributed by atoms with van der Waals surface area (Å²) in [5, 5.41) is 13.3. The van der Waals surface area contributed by atoms with Crippen molar-refractivity contribution in [1.82, 2.24) is 0 Å². The molecule has 1 unspecified atom stereocenters. The maximum Gasteiger partial charge on any atom is 0.337 e. The average Bonchev–Trinajstić information content (AvgIpc) is 2.76. The van der Waals surface area contributed by atoms with Gasteiger partial charge in [-0.3, -0.25) is 4.79 Å². The molecule has 0 aliphatic carbocycles. The van der Waals surface area contributed by atoms with E-state index in [2.05, 4.69) is 31.3 Å². The number of rotatable bonds is 6. The molecule has 0 heterocycles. The molecule has 190 valence electrons. The Morgan fingerprint density at radius 1 is 0.833 bits per heavy atom. The number of hydrogen-bond donors (Lipinski definition) is 2. The first-order chi connectivity index (χ1) is 16.7. The minimum Gasteiger partial charge on any atom is -0.479 e. The zero-order chi connectivity index (χ0) is 26.9. The molecule has 3 rings (SSSR count). The van der Waals surface area contributed by atoms with E-state index in [1.165, 1.54) is 12.5 Å². The fraction of sp³-hybridized carbons (Fsp3) is 0.355. The number of amides is 1. The van der Waals surface area contributed by atoms with Gasteiger partial charge in [-0.1, -0.05) is 48.0 Å². The van der Waals surface area contributed by atoms with Crippen LogP contribution in [0.3, 0.4) is 0 Å². The van der Waals surface area contributed by atoms with Crippen LogP contribution in [0.4, 0.5) is 5.69 Å². The van der Waals surface area contributed by atoms with Crippen molar-refractivity contribution in [1.29, 1.82) is 0 Å². The van der Waals surface area contributed by atoms with Crippen LogP contribution < -0.4 is 5.32 Å². The average molecular weight is 488 g/mol. The van der Waals surface area contributed by atoms with Gasteiger partial charge in [-0.2, -0.15) is 0 Å². The summed E-state index contributed by atoms with van der Waals surface area (Å²) in [6.07, 6.45) is -1.22. The smallest absolute Gasteiger partial charge is 0.337 e. The molecule has 2 N–H and O–H groups in total. The number of aryl methyl sites for hydroxylation is 3. The van der Waals surface area contributed by atoms with Crippen LogP contribution in [-0.4, -0.2) is 22.6 Å². The summed E-state index contributed by atoms with van der Waals surface area (Å²) in [5.74, 6) is -1.30. The van der Waals surface area contributed by atoms with Crippen molar-refractivity contribution in [2.24, 2.45) is 0 Å². The van der Waals surface area contributed by atoms with Crippen molar-refractivity contribution in [2.45, 2.75) is 74.0 Å². The van der Waals surface area contributed by atoms with E-state index < -0.39 is 17.7 Å². The van der Waals surface area contributed by atoms with E-state index in [1.807, 2.05) is 71.9 Å². The maximum absolute atomic E-state index is 12.6. The second-order valence-electron chi connectivity index (χ2n) is 10.6. The third-order valence-corrected chi connectivity index (χ3v) is 6.44. The molecule has 3 aromatic rings. The first-order valence-corrected chi connectivity index (χ1v) is 12.2. The summed E-state index contributed by atoms with van der Waals surface area (Å²) in [6, 6.07) is 14.3. The second kappa shape index (κ2) is 10.3. The summed E-state index contributed by atoms with van der Waals surface area (Å²) < 4.78 is 6.14. The number of aliphatic carboxylic acids is 1. The first-order valence-electron chi connectivity index (χ1n) is 12.2. The highest BCUT2D eigenvalue weighted by atomic mass is 16.5. The van der Waals surface area contributed by atoms with Gasteiger partial charge in [-0.15, -0.1) is 0 Å². The van der Waals surface area contributed by atoms with Crippen LogP contribution >= 0.6 is 0 Å². The van der Waals surface area contributed by atoms with Gasteiger partial charge in [-0.05, 0) is 94.3 Å². The Bertz CT molecular complexity index is 1310. The summed E-state index contributed by atoms with van der Waals surface area (Å²) in [4.78, 5) is 25.0. The van der Waals surface area contributed by atoms with Crippen LogP contribution in [0.5, 0.6) is 0 Å². The standard InChI is InChI=1S/C31H37NO4/c1-17-10-13-23(14-11-17)25-20(4)26(24-15-12-18(2)19(3)16-24)28(32-22(6)33)21(5)27(25)29(30(34)35)36-31(7,8)9/h10-16,29H,1-9H3,(H,32,33)(H,34,35). The van der Waals surface area contributed by atoms with Gasteiger partial charge in [0, 0.05) is 18.1 Å². The van der Waals surface area contributed by atoms with E-state index in [9.17, 15) is 14.7 Å². The molecule has 5 heteroatoms. The fourth-order valence-electron chi connectivity index (χ4n) is 4.62. The maximum atomic E-state index is 12.6. The van der Waals surface area contributed by atoms with Crippen molar-refractivity contribution in [3.8, 4) is 22.3 Å². The van der Waals surface area contributed by atoms with Gasteiger partial charge in [0.05, 0.1) is 11.3 Å². The third-order valence-electron chi connectivity index (χ3n) is 6.44. The minimum atomic E-state index is -1.22. The molecule has 0 spiro atoms. The zero-order valence-electron chi connectivity index (χ0n) is 22.8. The molecule has 36 heavy (non-hydrogen) atoms. The number of ether oxygens (including phenoxy) is 1. The Morgan fingerprint density at radius 2 is 1.42 bits per heavy atom. The van der Waals surface area contributed by atoms with Crippen molar-refractivity contribution in [2.75, 3.05) is 5.32 Å². The molecule has 0 aliphatic rings. The molecule has 0 saturated heterocycles. The van der Waals surface area contributed by atoms with Gasteiger partial charge in [0.15, 0.2) is 6.10 Å². The van der Waals surface area contributed by atoms with E-state index in [4.69, 9.17) is 4.74 Å². The molecule has 0 saturated carbocycles. The molecule has 0 aliphatic heterocycles. The Morgan fingerprint density at radius 3 is 1.92 bits per heavy atom. The third kappa shape index (κ3) is 5.68. The quantitative estimate of drug-likeness (QED) is 0.378. The van der Waals surface area contributed by atoms with Crippen molar-refractivity contribution in [3.05, 3.63) is 75.8 Å². The van der Waals surface area contributed by atoms with E-state index in [0.29, 0.717) is 16.8 Å². The van der Waals surface area contributed by atoms with E-state index in [1.54, 1.807) is 0 Å². The Labute approximate surface area is 214 Å². The van der Waals surface area contributed by atoms with Gasteiger partial charge >= 0.3 is 5.97 Å². The SMILES string of the molecule is CC(=O)Nc1c(C)c(C(OC(C)(C)C)C(=O)O)c(-c2ccc(C)cc2)c(C)c1-c1ccc(C)c(C)c1. The van der Waals surface area contributed by atoms with Crippen molar-refractivity contribution in [3.63, 3.8) is 0 Å². The molecule has 1 atom stereocenters. The highest BCUT2D eigenvalue weighted by molar-refractivity contribution is 6.00. The van der Waals surface area contributed by atoms with Crippen LogP contribution in [0, 0.1) is 34.6 Å². The molecule has 0 fully saturated rings. The van der Waals surface area contributed by atoms with Crippen molar-refractivity contribution < 1.29 is 19.4 Å². The summed E-state index contributed by atoms with van der Waals surface area (Å²) in [7, 11) is 0. The van der Waals surface area contributed by atoms with E-state index in [-0.39, 0.29) is 5.91 Å². The number of anilines is 1. The predicted octanol–water partition coefficient (Wildman–Crippen LogP) is 7.46. The van der Waals surface area contributed by atoms with Gasteiger partial charge in [-0.25, -0.2) is 4.79 Å². The second-order valence-corrected chi connectivity index (χ2v) is 10.6. The number of carboxylic acid groups (broad SMARTS) is 1. The lowest BCUT2D eigenvalue weighted by atomic mass is 9.82. The monoisotopic (exact) mass is 487 g/mol. The van der Waals surface area contributed by atoms with E-state index >= 15 is 0 Å². The number of hydrogen-bond acceptors (Lipinski definition) is 3. The molecule has 0 bridgehead atoms. The Balaban J connectivity index is 2.53. The molecule has 1 amide bonds. The normalized spacial score (nSPS) is 12.4. The Kier molecular flexibility index (Phi) is 7.75. The number of carbonyl (C=O) groups is 2. The van der Waals surface area contributed by atoms with Crippen LogP contribution in [0.1, 0.15) is 67.2 Å². The van der Waals surface area contributed by atoms with E-state index in [0.717, 1.165) is 38.9 Å². The summed E-state index contributed by atoms with van der Waals surface area (Å²) in [6.45, 7) is 17.0. The topological polar surface area (TPSA) is 75.6 Å². The summed E-state index contributed by atoms with van der Waals surface area (Å²) >= 11 is 0. The first kappa shape index (κ1) is 27.2. The lowest BCUT2D eigenvalue weighted by Crippen LogP contribution is -2.29. The Hall–Kier alpha value is -3.44. The number of carbonyl (C=O) groups excluding carboxylic acids is 1. The molecular weight excluding hydrogens is 450 g/mol. The van der Waals surface area contributed by atoms with Crippen molar-refractivity contribution >= 4 is 17.6 Å². The molecule has 0 radical (unpaired) electrons. The molecule has 5 nitrogen and oxygen atoms in total. The van der Waals surface area contributed by atoms with Gasteiger partial charge in [0.1, 0.15) is 0 Å². The fourth-order valence-corrected chi connectivity index (χ4v) is 4.62. The summed E-state index contributed by atoms with van der Waals surface area (Å²) in [5.41, 5.74) is 9.00. The van der Waals surface area contributed by atoms with Gasteiger partial charge < -0.3 is 15.2 Å². The number of carboxylic acids is 1.